The van der Waals surface area contributed by atoms with Crippen molar-refractivity contribution in [3.8, 4) is 0 Å². The van der Waals surface area contributed by atoms with E-state index in [0.717, 1.165) is 11.6 Å². The Morgan fingerprint density at radius 3 is 2.69 bits per heavy atom. The Balaban J connectivity index is 1.67. The first-order valence-electron chi connectivity index (χ1n) is 7.30. The highest BCUT2D eigenvalue weighted by Crippen LogP contribution is 2.26. The number of nitrogens with two attached hydrogens (primary N) is 1. The van der Waals surface area contributed by atoms with Gasteiger partial charge in [0.05, 0.1) is 10.5 Å². The zero-order valence-electron chi connectivity index (χ0n) is 13.2. The minimum absolute atomic E-state index is 0.0483. The first-order valence-corrected chi connectivity index (χ1v) is 8.12. The van der Waals surface area contributed by atoms with Crippen LogP contribution in [-0.2, 0) is 9.53 Å². The molecule has 0 spiro atoms. The van der Waals surface area contributed by atoms with Crippen molar-refractivity contribution < 1.29 is 19.2 Å². The molecule has 3 aromatic rings. The largest absolute Gasteiger partial charge is 0.452 e. The lowest BCUT2D eigenvalue weighted by Gasteiger charge is -2.09. The number of anilines is 2. The maximum absolute atomic E-state index is 12.3. The van der Waals surface area contributed by atoms with E-state index in [1.54, 1.807) is 24.3 Å². The van der Waals surface area contributed by atoms with Crippen molar-refractivity contribution in [2.24, 2.45) is 0 Å². The number of amides is 1. The minimum atomic E-state index is -0.700. The first-order chi connectivity index (χ1) is 12.5. The third kappa shape index (κ3) is 3.59. The molecule has 0 bridgehead atoms. The number of rotatable bonds is 5. The average Bonchev–Trinajstić information content (AvgIpc) is 3.08. The van der Waals surface area contributed by atoms with Gasteiger partial charge in [-0.15, -0.1) is 0 Å². The van der Waals surface area contributed by atoms with Crippen molar-refractivity contribution >= 4 is 49.8 Å². The smallest absolute Gasteiger partial charge is 0.345 e. The number of carbonyl (C=O) groups is 2. The molecule has 1 heterocycles. The van der Waals surface area contributed by atoms with E-state index >= 15 is 0 Å². The van der Waals surface area contributed by atoms with Gasteiger partial charge in [0.2, 0.25) is 0 Å². The molecule has 26 heavy (non-hydrogen) atoms. The van der Waals surface area contributed by atoms with Gasteiger partial charge in [-0.05, 0) is 28.9 Å². The number of hydrogen-bond donors (Lipinski definition) is 2. The topological polar surface area (TPSA) is 137 Å². The van der Waals surface area contributed by atoms with Crippen molar-refractivity contribution in [1.29, 1.82) is 0 Å². The number of nitrogens with one attached hydrogen (secondary N) is 1. The summed E-state index contributed by atoms with van der Waals surface area (Å²) in [5.74, 6) is -1.36. The summed E-state index contributed by atoms with van der Waals surface area (Å²) in [6.07, 6.45) is 1.03. The molecular weight excluding hydrogens is 360 g/mol. The second-order valence-corrected chi connectivity index (χ2v) is 6.15. The van der Waals surface area contributed by atoms with Crippen LogP contribution in [-0.4, -0.2) is 28.4 Å². The lowest BCUT2D eigenvalue weighted by Crippen LogP contribution is -2.21. The molecule has 132 valence electrons. The first kappa shape index (κ1) is 17.3. The highest BCUT2D eigenvalue weighted by molar-refractivity contribution is 7.18. The number of benzene rings is 2. The zero-order valence-corrected chi connectivity index (χ0v) is 14.0. The van der Waals surface area contributed by atoms with Crippen LogP contribution < -0.4 is 11.1 Å². The molecular formula is C16H12N4O5S. The molecule has 0 aliphatic carbocycles. The lowest BCUT2D eigenvalue weighted by atomic mass is 10.0. The van der Waals surface area contributed by atoms with Gasteiger partial charge in [0.15, 0.2) is 11.7 Å². The normalized spacial score (nSPS) is 10.5. The Hall–Kier alpha value is -3.53. The van der Waals surface area contributed by atoms with Gasteiger partial charge >= 0.3 is 11.0 Å². The molecule has 0 fully saturated rings. The number of carbonyl (C=O) groups excluding carboxylic acids is 2. The van der Waals surface area contributed by atoms with E-state index in [0.29, 0.717) is 22.4 Å². The summed E-state index contributed by atoms with van der Waals surface area (Å²) in [7, 11) is 0. The molecule has 0 radical (unpaired) electrons. The van der Waals surface area contributed by atoms with E-state index in [-0.39, 0.29) is 15.7 Å². The highest BCUT2D eigenvalue weighted by atomic mass is 32.1. The number of nitro groups is 1. The Kier molecular flexibility index (Phi) is 4.76. The summed E-state index contributed by atoms with van der Waals surface area (Å²) in [4.78, 5) is 37.8. The third-order valence-corrected chi connectivity index (χ3v) is 4.28. The monoisotopic (exact) mass is 372 g/mol. The number of nitrogen functional groups attached to an aromatic ring is 1. The Morgan fingerprint density at radius 1 is 1.27 bits per heavy atom. The Bertz CT molecular complexity index is 1010. The Morgan fingerprint density at radius 2 is 2.00 bits per heavy atom. The predicted octanol–water partition coefficient (Wildman–Crippen LogP) is 2.58. The van der Waals surface area contributed by atoms with Gasteiger partial charge in [0.25, 0.3) is 5.91 Å². The summed E-state index contributed by atoms with van der Waals surface area (Å²) in [5.41, 5.74) is 6.60. The molecule has 10 heteroatoms. The van der Waals surface area contributed by atoms with Crippen LogP contribution in [0.25, 0.3) is 10.8 Å². The van der Waals surface area contributed by atoms with E-state index < -0.39 is 23.4 Å². The molecule has 0 saturated carbocycles. The molecule has 0 aliphatic heterocycles. The second kappa shape index (κ2) is 7.15. The van der Waals surface area contributed by atoms with Crippen LogP contribution in [0.3, 0.4) is 0 Å². The van der Waals surface area contributed by atoms with Crippen molar-refractivity contribution in [1.82, 2.24) is 4.98 Å². The standard InChI is InChI=1S/C16H12N4O5S/c17-11-6-2-4-9-3-1-5-10(14(9)11)15(22)25-8-12(21)19-16-18-7-13(26-16)20(23)24/h1-7H,8,17H2,(H,18,19,21). The van der Waals surface area contributed by atoms with Crippen molar-refractivity contribution in [3.63, 3.8) is 0 Å². The van der Waals surface area contributed by atoms with Gasteiger partial charge in [0.1, 0.15) is 6.20 Å². The van der Waals surface area contributed by atoms with Crippen LogP contribution in [0.2, 0.25) is 0 Å². The predicted molar refractivity (Wildman–Crippen MR) is 96.0 cm³/mol. The lowest BCUT2D eigenvalue weighted by molar-refractivity contribution is -0.380. The van der Waals surface area contributed by atoms with Crippen LogP contribution in [0, 0.1) is 10.1 Å². The Labute approximate surface area is 150 Å². The summed E-state index contributed by atoms with van der Waals surface area (Å²) < 4.78 is 5.02. The SMILES string of the molecule is Nc1cccc2cccc(C(=O)OCC(=O)Nc3ncc([N+](=O)[O-])s3)c12. The van der Waals surface area contributed by atoms with E-state index in [9.17, 15) is 19.7 Å². The van der Waals surface area contributed by atoms with Crippen LogP contribution >= 0.6 is 11.3 Å². The quantitative estimate of drug-likeness (QED) is 0.304. The number of aromatic nitrogens is 1. The molecule has 2 aromatic carbocycles. The van der Waals surface area contributed by atoms with Gasteiger partial charge in [-0.3, -0.25) is 20.2 Å². The number of esters is 1. The van der Waals surface area contributed by atoms with Crippen LogP contribution in [0.15, 0.2) is 42.6 Å². The molecule has 1 aromatic heterocycles. The van der Waals surface area contributed by atoms with Crippen LogP contribution in [0.4, 0.5) is 15.8 Å². The summed E-state index contributed by atoms with van der Waals surface area (Å²) in [6.45, 7) is -0.560. The maximum atomic E-state index is 12.3. The van der Waals surface area contributed by atoms with Gasteiger partial charge in [0, 0.05) is 11.1 Å². The summed E-state index contributed by atoms with van der Waals surface area (Å²) >= 11 is 0.705. The van der Waals surface area contributed by atoms with E-state index in [4.69, 9.17) is 10.5 Å². The molecule has 0 atom stereocenters. The van der Waals surface area contributed by atoms with Gasteiger partial charge < -0.3 is 10.5 Å². The minimum Gasteiger partial charge on any atom is -0.452 e. The van der Waals surface area contributed by atoms with E-state index in [2.05, 4.69) is 10.3 Å². The fourth-order valence-electron chi connectivity index (χ4n) is 2.31. The number of fused-ring (bicyclic) bond motifs is 1. The highest BCUT2D eigenvalue weighted by Gasteiger charge is 2.17. The van der Waals surface area contributed by atoms with Gasteiger partial charge in [-0.1, -0.05) is 24.3 Å². The van der Waals surface area contributed by atoms with Crippen LogP contribution in [0.5, 0.6) is 0 Å². The van der Waals surface area contributed by atoms with Crippen molar-refractivity contribution in [2.45, 2.75) is 0 Å². The number of nitrogens with zero attached hydrogens (tertiary/aromatic N) is 2. The average molecular weight is 372 g/mol. The third-order valence-electron chi connectivity index (χ3n) is 3.41. The number of thiazole rings is 1. The maximum Gasteiger partial charge on any atom is 0.345 e. The molecule has 0 saturated heterocycles. The molecule has 9 nitrogen and oxygen atoms in total. The van der Waals surface area contributed by atoms with E-state index in [1.807, 2.05) is 12.1 Å². The fraction of sp³-hybridized carbons (Fsp3) is 0.0625. The van der Waals surface area contributed by atoms with E-state index in [1.165, 1.54) is 0 Å². The fourth-order valence-corrected chi connectivity index (χ4v) is 2.96. The van der Waals surface area contributed by atoms with Gasteiger partial charge in [-0.25, -0.2) is 9.78 Å². The van der Waals surface area contributed by atoms with Crippen molar-refractivity contribution in [2.75, 3.05) is 17.7 Å². The molecule has 0 unspecified atom stereocenters. The molecule has 3 N–H and O–H groups in total. The second-order valence-electron chi connectivity index (χ2n) is 5.14. The molecule has 1 amide bonds. The molecule has 3 rings (SSSR count). The zero-order chi connectivity index (χ0) is 18.7. The summed E-state index contributed by atoms with van der Waals surface area (Å²) in [6, 6.07) is 10.3. The summed E-state index contributed by atoms with van der Waals surface area (Å²) in [5, 5.41) is 14.1. The molecule has 0 aliphatic rings. The number of hydrogen-bond acceptors (Lipinski definition) is 8. The van der Waals surface area contributed by atoms with Crippen LogP contribution in [0.1, 0.15) is 10.4 Å². The number of ether oxygens (including phenoxy) is 1. The van der Waals surface area contributed by atoms with Gasteiger partial charge in [-0.2, -0.15) is 0 Å². The van der Waals surface area contributed by atoms with Crippen molar-refractivity contribution in [3.05, 3.63) is 58.3 Å².